The molecule has 0 spiro atoms. The Balaban J connectivity index is 1.90. The predicted octanol–water partition coefficient (Wildman–Crippen LogP) is 2.69. The monoisotopic (exact) mass is 293 g/mol. The molecular weight excluding hydrogens is 282 g/mol. The highest BCUT2D eigenvalue weighted by molar-refractivity contribution is 9.10. The topological polar surface area (TPSA) is 31.2 Å². The lowest BCUT2D eigenvalue weighted by Gasteiger charge is -2.07. The zero-order valence-electron chi connectivity index (χ0n) is 9.17. The standard InChI is InChI=1S/C13H12BrNO2/c14-11-4-6-12(7-5-11)17-10-9-15-8-2-1-3-13(15)16/h1-8H,9-10H2. The number of halogens is 1. The predicted molar refractivity (Wildman–Crippen MR) is 70.3 cm³/mol. The lowest BCUT2D eigenvalue weighted by molar-refractivity contribution is 0.296. The summed E-state index contributed by atoms with van der Waals surface area (Å²) in [7, 11) is 0. The van der Waals surface area contributed by atoms with E-state index in [9.17, 15) is 4.79 Å². The zero-order valence-corrected chi connectivity index (χ0v) is 10.8. The third-order valence-electron chi connectivity index (χ3n) is 2.31. The summed E-state index contributed by atoms with van der Waals surface area (Å²) in [4.78, 5) is 11.4. The van der Waals surface area contributed by atoms with Gasteiger partial charge in [0, 0.05) is 16.7 Å². The number of nitrogens with zero attached hydrogens (tertiary/aromatic N) is 1. The Kier molecular flexibility index (Phi) is 3.98. The minimum atomic E-state index is -0.00749. The molecule has 0 fully saturated rings. The van der Waals surface area contributed by atoms with Gasteiger partial charge in [0.05, 0.1) is 6.54 Å². The van der Waals surface area contributed by atoms with E-state index in [2.05, 4.69) is 15.9 Å². The van der Waals surface area contributed by atoms with Crippen molar-refractivity contribution < 1.29 is 4.74 Å². The Hall–Kier alpha value is -1.55. The molecule has 0 radical (unpaired) electrons. The first-order chi connectivity index (χ1) is 8.25. The van der Waals surface area contributed by atoms with Gasteiger partial charge in [-0.1, -0.05) is 22.0 Å². The number of hydrogen-bond acceptors (Lipinski definition) is 2. The molecule has 0 aliphatic carbocycles. The van der Waals surface area contributed by atoms with Crippen LogP contribution in [0.5, 0.6) is 5.75 Å². The van der Waals surface area contributed by atoms with Gasteiger partial charge in [0.25, 0.3) is 5.56 Å². The van der Waals surface area contributed by atoms with Crippen LogP contribution in [0.2, 0.25) is 0 Å². The van der Waals surface area contributed by atoms with E-state index in [4.69, 9.17) is 4.74 Å². The summed E-state index contributed by atoms with van der Waals surface area (Å²) in [5.74, 6) is 0.803. The van der Waals surface area contributed by atoms with E-state index in [1.165, 1.54) is 0 Å². The smallest absolute Gasteiger partial charge is 0.250 e. The molecule has 0 aliphatic heterocycles. The molecule has 2 rings (SSSR count). The van der Waals surface area contributed by atoms with Gasteiger partial charge < -0.3 is 9.30 Å². The third-order valence-corrected chi connectivity index (χ3v) is 2.84. The zero-order chi connectivity index (χ0) is 12.1. The SMILES string of the molecule is O=c1ccccn1CCOc1ccc(Br)cc1. The highest BCUT2D eigenvalue weighted by Crippen LogP contribution is 2.15. The van der Waals surface area contributed by atoms with Crippen molar-refractivity contribution >= 4 is 15.9 Å². The second-order valence-electron chi connectivity index (χ2n) is 3.53. The normalized spacial score (nSPS) is 10.2. The number of benzene rings is 1. The van der Waals surface area contributed by atoms with Crippen LogP contribution in [0.15, 0.2) is 57.9 Å². The van der Waals surface area contributed by atoms with Crippen molar-refractivity contribution in [3.05, 3.63) is 63.5 Å². The Morgan fingerprint density at radius 2 is 1.88 bits per heavy atom. The fourth-order valence-corrected chi connectivity index (χ4v) is 1.70. The third kappa shape index (κ3) is 3.46. The van der Waals surface area contributed by atoms with Crippen LogP contribution in [0.3, 0.4) is 0 Å². The summed E-state index contributed by atoms with van der Waals surface area (Å²) in [6, 6.07) is 12.7. The largest absolute Gasteiger partial charge is 0.492 e. The average Bonchev–Trinajstić information content (AvgIpc) is 2.34. The van der Waals surface area contributed by atoms with E-state index in [0.29, 0.717) is 13.2 Å². The van der Waals surface area contributed by atoms with Gasteiger partial charge in [0.1, 0.15) is 12.4 Å². The van der Waals surface area contributed by atoms with Crippen LogP contribution >= 0.6 is 15.9 Å². The molecule has 0 aliphatic rings. The fraction of sp³-hybridized carbons (Fsp3) is 0.154. The van der Waals surface area contributed by atoms with E-state index < -0.39 is 0 Å². The van der Waals surface area contributed by atoms with Crippen molar-refractivity contribution in [2.45, 2.75) is 6.54 Å². The van der Waals surface area contributed by atoms with Crippen LogP contribution in [0.1, 0.15) is 0 Å². The summed E-state index contributed by atoms with van der Waals surface area (Å²) in [5.41, 5.74) is -0.00749. The molecule has 0 atom stereocenters. The highest BCUT2D eigenvalue weighted by Gasteiger charge is 1.96. The van der Waals surface area contributed by atoms with Gasteiger partial charge >= 0.3 is 0 Å². The molecule has 1 heterocycles. The van der Waals surface area contributed by atoms with Gasteiger partial charge in [0.2, 0.25) is 0 Å². The quantitative estimate of drug-likeness (QED) is 0.868. The number of aromatic nitrogens is 1. The summed E-state index contributed by atoms with van der Waals surface area (Å²) < 4.78 is 8.18. The van der Waals surface area contributed by atoms with Crippen molar-refractivity contribution in [1.82, 2.24) is 4.57 Å². The van der Waals surface area contributed by atoms with Crippen LogP contribution in [0, 0.1) is 0 Å². The van der Waals surface area contributed by atoms with Gasteiger partial charge in [0.15, 0.2) is 0 Å². The molecule has 2 aromatic rings. The molecule has 1 aromatic heterocycles. The lowest BCUT2D eigenvalue weighted by Crippen LogP contribution is -2.21. The second kappa shape index (κ2) is 5.68. The number of hydrogen-bond donors (Lipinski definition) is 0. The first kappa shape index (κ1) is 11.9. The number of ether oxygens (including phenoxy) is 1. The van der Waals surface area contributed by atoms with E-state index >= 15 is 0 Å². The maximum absolute atomic E-state index is 11.4. The maximum atomic E-state index is 11.4. The van der Waals surface area contributed by atoms with Crippen molar-refractivity contribution in [2.24, 2.45) is 0 Å². The molecule has 4 heteroatoms. The molecule has 1 aromatic carbocycles. The Labute approximate surface area is 108 Å². The van der Waals surface area contributed by atoms with E-state index in [0.717, 1.165) is 10.2 Å². The summed E-state index contributed by atoms with van der Waals surface area (Å²) in [6.07, 6.45) is 1.76. The number of rotatable bonds is 4. The van der Waals surface area contributed by atoms with Gasteiger partial charge in [-0.2, -0.15) is 0 Å². The van der Waals surface area contributed by atoms with Crippen LogP contribution in [0.4, 0.5) is 0 Å². The van der Waals surface area contributed by atoms with E-state index in [1.54, 1.807) is 22.9 Å². The molecule has 0 N–H and O–H groups in total. The Morgan fingerprint density at radius 1 is 1.12 bits per heavy atom. The highest BCUT2D eigenvalue weighted by atomic mass is 79.9. The molecule has 88 valence electrons. The first-order valence-corrected chi connectivity index (χ1v) is 6.09. The van der Waals surface area contributed by atoms with Crippen LogP contribution in [0.25, 0.3) is 0 Å². The lowest BCUT2D eigenvalue weighted by atomic mass is 10.3. The van der Waals surface area contributed by atoms with Crippen LogP contribution in [-0.4, -0.2) is 11.2 Å². The average molecular weight is 294 g/mol. The Morgan fingerprint density at radius 3 is 2.59 bits per heavy atom. The van der Waals surface area contributed by atoms with Crippen LogP contribution in [-0.2, 0) is 6.54 Å². The summed E-state index contributed by atoms with van der Waals surface area (Å²) in [5, 5.41) is 0. The summed E-state index contributed by atoms with van der Waals surface area (Å²) >= 11 is 3.36. The molecular formula is C13H12BrNO2. The maximum Gasteiger partial charge on any atom is 0.250 e. The second-order valence-corrected chi connectivity index (χ2v) is 4.45. The van der Waals surface area contributed by atoms with Crippen molar-refractivity contribution in [3.63, 3.8) is 0 Å². The Bertz CT molecular complexity index is 534. The molecule has 0 bridgehead atoms. The molecule has 0 saturated carbocycles. The van der Waals surface area contributed by atoms with E-state index in [1.807, 2.05) is 30.3 Å². The number of pyridine rings is 1. The molecule has 0 saturated heterocycles. The van der Waals surface area contributed by atoms with Gasteiger partial charge in [-0.15, -0.1) is 0 Å². The van der Waals surface area contributed by atoms with E-state index in [-0.39, 0.29) is 5.56 Å². The molecule has 0 amide bonds. The van der Waals surface area contributed by atoms with Gasteiger partial charge in [-0.25, -0.2) is 0 Å². The molecule has 17 heavy (non-hydrogen) atoms. The molecule has 3 nitrogen and oxygen atoms in total. The summed E-state index contributed by atoms with van der Waals surface area (Å²) in [6.45, 7) is 1.03. The molecule has 0 unspecified atom stereocenters. The fourth-order valence-electron chi connectivity index (χ4n) is 1.44. The minimum Gasteiger partial charge on any atom is -0.492 e. The van der Waals surface area contributed by atoms with Gasteiger partial charge in [-0.05, 0) is 30.3 Å². The van der Waals surface area contributed by atoms with Crippen molar-refractivity contribution in [2.75, 3.05) is 6.61 Å². The van der Waals surface area contributed by atoms with Crippen LogP contribution < -0.4 is 10.3 Å². The first-order valence-electron chi connectivity index (χ1n) is 5.29. The van der Waals surface area contributed by atoms with Crippen molar-refractivity contribution in [3.8, 4) is 5.75 Å². The van der Waals surface area contributed by atoms with Gasteiger partial charge in [-0.3, -0.25) is 4.79 Å². The van der Waals surface area contributed by atoms with Crippen molar-refractivity contribution in [1.29, 1.82) is 0 Å². The minimum absolute atomic E-state index is 0.00749.